The first-order valence-corrected chi connectivity index (χ1v) is 7.03. The molecular formula is C14H18N4O2S. The summed E-state index contributed by atoms with van der Waals surface area (Å²) in [5.74, 6) is -0.228. The van der Waals surface area contributed by atoms with Crippen molar-refractivity contribution in [2.75, 3.05) is 27.2 Å². The third-order valence-corrected chi connectivity index (χ3v) is 3.39. The number of para-hydroxylation sites is 1. The number of fused-ring (bicyclic) bond motifs is 1. The number of hydrogen-bond acceptors (Lipinski definition) is 4. The van der Waals surface area contributed by atoms with E-state index in [-0.39, 0.29) is 22.8 Å². The van der Waals surface area contributed by atoms with Gasteiger partial charge in [0.1, 0.15) is 6.54 Å². The van der Waals surface area contributed by atoms with Crippen molar-refractivity contribution in [1.29, 1.82) is 0 Å². The molecule has 0 saturated carbocycles. The highest BCUT2D eigenvalue weighted by atomic mass is 32.1. The van der Waals surface area contributed by atoms with Gasteiger partial charge in [-0.25, -0.2) is 0 Å². The van der Waals surface area contributed by atoms with Gasteiger partial charge in [0.2, 0.25) is 5.91 Å². The molecule has 7 heteroatoms. The van der Waals surface area contributed by atoms with Crippen LogP contribution in [-0.2, 0) is 11.3 Å². The maximum Gasteiger partial charge on any atom is 0.262 e. The second-order valence-electron chi connectivity index (χ2n) is 5.02. The molecule has 1 aromatic carbocycles. The number of carbonyl (C=O) groups excluding carboxylic acids is 1. The fourth-order valence-corrected chi connectivity index (χ4v) is 2.22. The Morgan fingerprint density at radius 3 is 2.81 bits per heavy atom. The SMILES string of the molecule is CN(C)CCNC(=O)Cn1c(=S)[nH]c2ccccc2c1=O. The fourth-order valence-electron chi connectivity index (χ4n) is 1.96. The predicted molar refractivity (Wildman–Crippen MR) is 85.0 cm³/mol. The summed E-state index contributed by atoms with van der Waals surface area (Å²) < 4.78 is 1.53. The van der Waals surface area contributed by atoms with E-state index < -0.39 is 0 Å². The predicted octanol–water partition coefficient (Wildman–Crippen LogP) is 0.737. The van der Waals surface area contributed by atoms with Gasteiger partial charge in [-0.05, 0) is 38.4 Å². The molecule has 2 aromatic rings. The van der Waals surface area contributed by atoms with E-state index in [0.29, 0.717) is 17.4 Å². The van der Waals surface area contributed by atoms with Gasteiger partial charge in [-0.2, -0.15) is 0 Å². The van der Waals surface area contributed by atoms with Gasteiger partial charge in [-0.1, -0.05) is 12.1 Å². The first-order chi connectivity index (χ1) is 9.99. The Morgan fingerprint density at radius 1 is 1.38 bits per heavy atom. The van der Waals surface area contributed by atoms with Crippen molar-refractivity contribution in [2.45, 2.75) is 6.54 Å². The van der Waals surface area contributed by atoms with Crippen molar-refractivity contribution < 1.29 is 4.79 Å². The van der Waals surface area contributed by atoms with Crippen LogP contribution in [0.15, 0.2) is 29.1 Å². The number of rotatable bonds is 5. The Bertz CT molecular complexity index is 763. The Labute approximate surface area is 127 Å². The minimum atomic E-state index is -0.253. The van der Waals surface area contributed by atoms with Crippen LogP contribution in [0.4, 0.5) is 0 Å². The summed E-state index contributed by atoms with van der Waals surface area (Å²) in [6.45, 7) is 1.20. The summed E-state index contributed by atoms with van der Waals surface area (Å²) in [5, 5.41) is 3.29. The molecule has 0 bridgehead atoms. The quantitative estimate of drug-likeness (QED) is 0.799. The van der Waals surface area contributed by atoms with Crippen LogP contribution in [0.3, 0.4) is 0 Å². The summed E-state index contributed by atoms with van der Waals surface area (Å²) in [5.41, 5.74) is 0.425. The van der Waals surface area contributed by atoms with Gasteiger partial charge in [-0.3, -0.25) is 14.2 Å². The van der Waals surface area contributed by atoms with E-state index >= 15 is 0 Å². The molecule has 2 rings (SSSR count). The highest BCUT2D eigenvalue weighted by molar-refractivity contribution is 7.71. The Balaban J connectivity index is 2.21. The molecule has 0 saturated heterocycles. The number of likely N-dealkylation sites (N-methyl/N-ethyl adjacent to an activating group) is 1. The fraction of sp³-hybridized carbons (Fsp3) is 0.357. The zero-order chi connectivity index (χ0) is 15.4. The smallest absolute Gasteiger partial charge is 0.262 e. The number of aromatic amines is 1. The van der Waals surface area contributed by atoms with E-state index in [2.05, 4.69) is 10.3 Å². The number of H-pyrrole nitrogens is 1. The summed E-state index contributed by atoms with van der Waals surface area (Å²) in [4.78, 5) is 29.2. The summed E-state index contributed by atoms with van der Waals surface area (Å²) in [6, 6.07) is 7.10. The van der Waals surface area contributed by atoms with Gasteiger partial charge in [0.25, 0.3) is 5.56 Å². The number of benzene rings is 1. The maximum atomic E-state index is 12.4. The third-order valence-electron chi connectivity index (χ3n) is 3.07. The van der Waals surface area contributed by atoms with Crippen LogP contribution in [0.25, 0.3) is 10.9 Å². The van der Waals surface area contributed by atoms with Crippen LogP contribution in [0, 0.1) is 4.77 Å². The van der Waals surface area contributed by atoms with Crippen LogP contribution < -0.4 is 10.9 Å². The van der Waals surface area contributed by atoms with Crippen molar-refractivity contribution in [3.8, 4) is 0 Å². The van der Waals surface area contributed by atoms with Gasteiger partial charge in [0, 0.05) is 13.1 Å². The Kier molecular flexibility index (Phi) is 4.87. The van der Waals surface area contributed by atoms with Crippen LogP contribution >= 0.6 is 12.2 Å². The Morgan fingerprint density at radius 2 is 2.10 bits per heavy atom. The first kappa shape index (κ1) is 15.4. The van der Waals surface area contributed by atoms with Gasteiger partial charge in [0.05, 0.1) is 10.9 Å². The highest BCUT2D eigenvalue weighted by Crippen LogP contribution is 2.05. The summed E-state index contributed by atoms with van der Waals surface area (Å²) in [7, 11) is 3.85. The second kappa shape index (κ2) is 6.64. The highest BCUT2D eigenvalue weighted by Gasteiger charge is 2.09. The van der Waals surface area contributed by atoms with Gasteiger partial charge < -0.3 is 15.2 Å². The first-order valence-electron chi connectivity index (χ1n) is 6.62. The van der Waals surface area contributed by atoms with Crippen molar-refractivity contribution in [1.82, 2.24) is 19.8 Å². The van der Waals surface area contributed by atoms with Crippen molar-refractivity contribution >= 4 is 29.0 Å². The molecule has 0 atom stereocenters. The van der Waals surface area contributed by atoms with E-state index in [0.717, 1.165) is 6.54 Å². The molecule has 0 radical (unpaired) electrons. The molecule has 1 heterocycles. The molecule has 0 aliphatic carbocycles. The minimum Gasteiger partial charge on any atom is -0.353 e. The Hall–Kier alpha value is -1.99. The molecule has 112 valence electrons. The van der Waals surface area contributed by atoms with E-state index in [1.807, 2.05) is 25.1 Å². The van der Waals surface area contributed by atoms with Crippen LogP contribution in [-0.4, -0.2) is 47.5 Å². The zero-order valence-electron chi connectivity index (χ0n) is 12.0. The lowest BCUT2D eigenvalue weighted by Gasteiger charge is -2.11. The standard InChI is InChI=1S/C14H18N4O2S/c1-17(2)8-7-15-12(19)9-18-13(20)10-5-3-4-6-11(10)16-14(18)21/h3-6H,7-9H2,1-2H3,(H,15,19)(H,16,21). The minimum absolute atomic E-state index is 0.0770. The van der Waals surface area contributed by atoms with E-state index in [1.54, 1.807) is 18.2 Å². The van der Waals surface area contributed by atoms with Gasteiger partial charge in [-0.15, -0.1) is 0 Å². The molecule has 2 N–H and O–H groups in total. The molecule has 0 aliphatic rings. The lowest BCUT2D eigenvalue weighted by molar-refractivity contribution is -0.121. The van der Waals surface area contributed by atoms with Crippen molar-refractivity contribution in [2.24, 2.45) is 0 Å². The van der Waals surface area contributed by atoms with Crippen LogP contribution in [0.5, 0.6) is 0 Å². The number of nitrogens with zero attached hydrogens (tertiary/aromatic N) is 2. The molecule has 6 nitrogen and oxygen atoms in total. The molecule has 0 spiro atoms. The van der Waals surface area contributed by atoms with E-state index in [1.165, 1.54) is 4.57 Å². The number of carbonyl (C=O) groups is 1. The lowest BCUT2D eigenvalue weighted by Crippen LogP contribution is -2.36. The summed E-state index contributed by atoms with van der Waals surface area (Å²) >= 11 is 5.16. The van der Waals surface area contributed by atoms with Crippen molar-refractivity contribution in [3.05, 3.63) is 39.4 Å². The monoisotopic (exact) mass is 306 g/mol. The lowest BCUT2D eigenvalue weighted by atomic mass is 10.2. The number of hydrogen-bond donors (Lipinski definition) is 2. The van der Waals surface area contributed by atoms with E-state index in [4.69, 9.17) is 12.2 Å². The normalized spacial score (nSPS) is 11.0. The van der Waals surface area contributed by atoms with E-state index in [9.17, 15) is 9.59 Å². The van der Waals surface area contributed by atoms with Crippen molar-refractivity contribution in [3.63, 3.8) is 0 Å². The molecule has 0 fully saturated rings. The molecule has 1 aromatic heterocycles. The number of amides is 1. The number of nitrogens with one attached hydrogen (secondary N) is 2. The summed E-state index contributed by atoms with van der Waals surface area (Å²) in [6.07, 6.45) is 0. The van der Waals surface area contributed by atoms with Gasteiger partial charge >= 0.3 is 0 Å². The van der Waals surface area contributed by atoms with Crippen LogP contribution in [0.1, 0.15) is 0 Å². The molecular weight excluding hydrogens is 288 g/mol. The average Bonchev–Trinajstić information content (AvgIpc) is 2.43. The second-order valence-corrected chi connectivity index (χ2v) is 5.41. The molecule has 0 unspecified atom stereocenters. The molecule has 21 heavy (non-hydrogen) atoms. The maximum absolute atomic E-state index is 12.4. The average molecular weight is 306 g/mol. The number of aromatic nitrogens is 2. The zero-order valence-corrected chi connectivity index (χ0v) is 12.9. The molecule has 1 amide bonds. The largest absolute Gasteiger partial charge is 0.353 e. The molecule has 0 aliphatic heterocycles. The third kappa shape index (κ3) is 3.77. The topological polar surface area (TPSA) is 70.1 Å². The van der Waals surface area contributed by atoms with Gasteiger partial charge in [0.15, 0.2) is 4.77 Å². The van der Waals surface area contributed by atoms with Crippen LogP contribution in [0.2, 0.25) is 0 Å².